The first kappa shape index (κ1) is 18.7. The summed E-state index contributed by atoms with van der Waals surface area (Å²) in [7, 11) is 4.06. The molecule has 27 heavy (non-hydrogen) atoms. The molecule has 0 amide bonds. The molecule has 1 unspecified atom stereocenters. The second-order valence-corrected chi connectivity index (χ2v) is 6.85. The van der Waals surface area contributed by atoms with Crippen LogP contribution in [0.5, 0.6) is 0 Å². The van der Waals surface area contributed by atoms with Crippen molar-refractivity contribution in [1.29, 1.82) is 0 Å². The minimum Gasteiger partial charge on any atom is -0.378 e. The molecule has 0 bridgehead atoms. The lowest BCUT2D eigenvalue weighted by molar-refractivity contribution is 0.759. The minimum atomic E-state index is 0.343. The summed E-state index contributed by atoms with van der Waals surface area (Å²) in [6.07, 6.45) is 1.03. The number of hydrogen-bond acceptors (Lipinski definition) is 5. The number of nitrogens with zero attached hydrogens (tertiary/aromatic N) is 3. The number of hydrogen-bond donors (Lipinski definition) is 2. The van der Waals surface area contributed by atoms with Crippen LogP contribution < -0.4 is 15.5 Å². The Morgan fingerprint density at radius 1 is 0.963 bits per heavy atom. The van der Waals surface area contributed by atoms with Crippen LogP contribution in [0.4, 0.5) is 23.1 Å². The van der Waals surface area contributed by atoms with Crippen molar-refractivity contribution in [2.75, 3.05) is 29.6 Å². The summed E-state index contributed by atoms with van der Waals surface area (Å²) in [5, 5.41) is 6.79. The maximum Gasteiger partial charge on any atom is 0.229 e. The van der Waals surface area contributed by atoms with Crippen molar-refractivity contribution >= 4 is 23.1 Å². The van der Waals surface area contributed by atoms with E-state index in [0.717, 1.165) is 34.9 Å². The van der Waals surface area contributed by atoms with Crippen LogP contribution in [0.25, 0.3) is 11.3 Å². The number of rotatable bonds is 7. The lowest BCUT2D eigenvalue weighted by Crippen LogP contribution is -2.15. The summed E-state index contributed by atoms with van der Waals surface area (Å²) in [5.41, 5.74) is 4.07. The van der Waals surface area contributed by atoms with Crippen molar-refractivity contribution in [3.8, 4) is 11.3 Å². The molecule has 3 rings (SSSR count). The van der Waals surface area contributed by atoms with E-state index in [0.29, 0.717) is 12.0 Å². The molecule has 2 N–H and O–H groups in total. The molecule has 0 aliphatic heterocycles. The predicted octanol–water partition coefficient (Wildman–Crippen LogP) is 5.16. The van der Waals surface area contributed by atoms with Gasteiger partial charge in [-0.1, -0.05) is 37.3 Å². The average molecular weight is 361 g/mol. The Balaban J connectivity index is 1.91. The van der Waals surface area contributed by atoms with Crippen LogP contribution in [0.15, 0.2) is 60.7 Å². The lowest BCUT2D eigenvalue weighted by atomic mass is 10.1. The minimum absolute atomic E-state index is 0.343. The molecular formula is C22H27N5. The molecule has 5 nitrogen and oxygen atoms in total. The zero-order valence-electron chi connectivity index (χ0n) is 16.4. The van der Waals surface area contributed by atoms with Crippen LogP contribution in [-0.2, 0) is 0 Å². The monoisotopic (exact) mass is 361 g/mol. The second-order valence-electron chi connectivity index (χ2n) is 6.85. The zero-order chi connectivity index (χ0) is 19.2. The predicted molar refractivity (Wildman–Crippen MR) is 115 cm³/mol. The van der Waals surface area contributed by atoms with Crippen LogP contribution in [-0.4, -0.2) is 30.1 Å². The normalized spacial score (nSPS) is 11.7. The maximum absolute atomic E-state index is 4.72. The van der Waals surface area contributed by atoms with Gasteiger partial charge >= 0.3 is 0 Å². The van der Waals surface area contributed by atoms with Gasteiger partial charge in [0.15, 0.2) is 0 Å². The molecule has 0 spiro atoms. The lowest BCUT2D eigenvalue weighted by Gasteiger charge is -2.16. The van der Waals surface area contributed by atoms with E-state index in [2.05, 4.69) is 58.6 Å². The molecule has 0 aliphatic rings. The van der Waals surface area contributed by atoms with Gasteiger partial charge in [-0.15, -0.1) is 0 Å². The molecule has 0 aliphatic carbocycles. The Morgan fingerprint density at radius 3 is 2.30 bits per heavy atom. The number of anilines is 4. The first-order valence-electron chi connectivity index (χ1n) is 9.30. The average Bonchev–Trinajstić information content (AvgIpc) is 2.69. The second kappa shape index (κ2) is 8.54. The highest BCUT2D eigenvalue weighted by molar-refractivity contribution is 5.67. The fourth-order valence-corrected chi connectivity index (χ4v) is 2.66. The first-order chi connectivity index (χ1) is 13.0. The van der Waals surface area contributed by atoms with Crippen molar-refractivity contribution in [3.63, 3.8) is 0 Å². The van der Waals surface area contributed by atoms with Gasteiger partial charge in [0.2, 0.25) is 5.95 Å². The number of benzene rings is 2. The molecule has 2 aromatic carbocycles. The van der Waals surface area contributed by atoms with Crippen molar-refractivity contribution in [1.82, 2.24) is 9.97 Å². The molecule has 1 atom stereocenters. The summed E-state index contributed by atoms with van der Waals surface area (Å²) in [5.74, 6) is 1.41. The van der Waals surface area contributed by atoms with E-state index in [-0.39, 0.29) is 0 Å². The molecule has 1 heterocycles. The van der Waals surface area contributed by atoms with Gasteiger partial charge in [0, 0.05) is 43.1 Å². The van der Waals surface area contributed by atoms with Crippen LogP contribution in [0, 0.1) is 0 Å². The van der Waals surface area contributed by atoms with Crippen molar-refractivity contribution in [3.05, 3.63) is 60.7 Å². The van der Waals surface area contributed by atoms with E-state index < -0.39 is 0 Å². The SMILES string of the molecule is CCC(C)Nc1cc(-c2ccccc2)nc(Nc2ccc(N(C)C)cc2)n1. The Bertz CT molecular complexity index is 860. The van der Waals surface area contributed by atoms with E-state index in [1.165, 1.54) is 0 Å². The van der Waals surface area contributed by atoms with Gasteiger partial charge in [-0.25, -0.2) is 4.98 Å². The van der Waals surface area contributed by atoms with Gasteiger partial charge in [-0.2, -0.15) is 4.98 Å². The number of nitrogens with one attached hydrogen (secondary N) is 2. The maximum atomic E-state index is 4.72. The van der Waals surface area contributed by atoms with Gasteiger partial charge in [0.1, 0.15) is 5.82 Å². The molecule has 140 valence electrons. The Hall–Kier alpha value is -3.08. The van der Waals surface area contributed by atoms with Crippen molar-refractivity contribution in [2.45, 2.75) is 26.3 Å². The van der Waals surface area contributed by atoms with Crippen molar-refractivity contribution in [2.24, 2.45) is 0 Å². The Morgan fingerprint density at radius 2 is 1.67 bits per heavy atom. The van der Waals surface area contributed by atoms with Gasteiger partial charge in [-0.3, -0.25) is 0 Å². The van der Waals surface area contributed by atoms with E-state index in [9.17, 15) is 0 Å². The molecule has 0 saturated heterocycles. The largest absolute Gasteiger partial charge is 0.378 e. The summed E-state index contributed by atoms with van der Waals surface area (Å²) in [4.78, 5) is 11.4. The summed E-state index contributed by atoms with van der Waals surface area (Å²) < 4.78 is 0. The van der Waals surface area contributed by atoms with Crippen LogP contribution >= 0.6 is 0 Å². The highest BCUT2D eigenvalue weighted by Crippen LogP contribution is 2.24. The molecule has 0 fully saturated rings. The van der Waals surface area contributed by atoms with E-state index in [1.807, 2.05) is 50.5 Å². The molecule has 0 radical (unpaired) electrons. The topological polar surface area (TPSA) is 53.1 Å². The first-order valence-corrected chi connectivity index (χ1v) is 9.30. The molecule has 3 aromatic rings. The van der Waals surface area contributed by atoms with Crippen LogP contribution in [0.1, 0.15) is 20.3 Å². The van der Waals surface area contributed by atoms with Crippen LogP contribution in [0.3, 0.4) is 0 Å². The molecule has 0 saturated carbocycles. The van der Waals surface area contributed by atoms with Gasteiger partial charge < -0.3 is 15.5 Å². The third-order valence-electron chi connectivity index (χ3n) is 4.44. The van der Waals surface area contributed by atoms with Crippen molar-refractivity contribution < 1.29 is 0 Å². The third kappa shape index (κ3) is 4.97. The summed E-state index contributed by atoms with van der Waals surface area (Å²) >= 11 is 0. The summed E-state index contributed by atoms with van der Waals surface area (Å²) in [6.45, 7) is 4.31. The number of aromatic nitrogens is 2. The fourth-order valence-electron chi connectivity index (χ4n) is 2.66. The van der Waals surface area contributed by atoms with E-state index >= 15 is 0 Å². The van der Waals surface area contributed by atoms with Gasteiger partial charge in [-0.05, 0) is 37.6 Å². The third-order valence-corrected chi connectivity index (χ3v) is 4.44. The van der Waals surface area contributed by atoms with Gasteiger partial charge in [0.25, 0.3) is 0 Å². The van der Waals surface area contributed by atoms with E-state index in [4.69, 9.17) is 4.98 Å². The van der Waals surface area contributed by atoms with Crippen LogP contribution in [0.2, 0.25) is 0 Å². The Labute approximate surface area is 161 Å². The summed E-state index contributed by atoms with van der Waals surface area (Å²) in [6, 6.07) is 20.7. The standard InChI is InChI=1S/C22H27N5/c1-5-16(2)23-21-15-20(17-9-7-6-8-10-17)25-22(26-21)24-18-11-13-19(14-12-18)27(3)4/h6-16H,5H2,1-4H3,(H2,23,24,25,26). The van der Waals surface area contributed by atoms with Gasteiger partial charge in [0.05, 0.1) is 5.69 Å². The smallest absolute Gasteiger partial charge is 0.229 e. The molecule has 5 heteroatoms. The van der Waals surface area contributed by atoms with E-state index in [1.54, 1.807) is 0 Å². The zero-order valence-corrected chi connectivity index (χ0v) is 16.4. The fraction of sp³-hybridized carbons (Fsp3) is 0.273. The quantitative estimate of drug-likeness (QED) is 0.608. The molecule has 1 aromatic heterocycles. The Kier molecular flexibility index (Phi) is 5.91. The highest BCUT2D eigenvalue weighted by Gasteiger charge is 2.09. The highest BCUT2D eigenvalue weighted by atomic mass is 15.1. The molecular weight excluding hydrogens is 334 g/mol.